The van der Waals surface area contributed by atoms with E-state index in [-0.39, 0.29) is 11.4 Å². The highest BCUT2D eigenvalue weighted by Crippen LogP contribution is 2.39. The number of piperidine rings is 1. The molecule has 2 aliphatic heterocycles. The van der Waals surface area contributed by atoms with E-state index in [9.17, 15) is 4.79 Å². The lowest BCUT2D eigenvalue weighted by atomic mass is 9.82. The summed E-state index contributed by atoms with van der Waals surface area (Å²) in [5, 5.41) is 0. The van der Waals surface area contributed by atoms with Crippen LogP contribution in [0, 0.1) is 0 Å². The molecule has 0 aromatic heterocycles. The van der Waals surface area contributed by atoms with E-state index in [0.29, 0.717) is 6.42 Å². The fourth-order valence-electron chi connectivity index (χ4n) is 3.68. The Bertz CT molecular complexity index is 704. The SMILES string of the molecule is CC.CC.CC.CC.O=C1CC2(CCN(Cc3ccccc3)CC2)Oc2ccccc21. The number of likely N-dealkylation sites (tertiary alicyclic amines) is 1. The zero-order valence-electron chi connectivity index (χ0n) is 21.2. The third-order valence-electron chi connectivity index (χ3n) is 5.01. The Labute approximate surface area is 191 Å². The van der Waals surface area contributed by atoms with Gasteiger partial charge in [0.1, 0.15) is 11.4 Å². The van der Waals surface area contributed by atoms with Gasteiger partial charge >= 0.3 is 0 Å². The minimum Gasteiger partial charge on any atom is -0.486 e. The summed E-state index contributed by atoms with van der Waals surface area (Å²) < 4.78 is 6.28. The number of hydrogen-bond acceptors (Lipinski definition) is 3. The summed E-state index contributed by atoms with van der Waals surface area (Å²) >= 11 is 0. The molecule has 2 aromatic carbocycles. The van der Waals surface area contributed by atoms with E-state index >= 15 is 0 Å². The molecule has 2 aromatic rings. The highest BCUT2D eigenvalue weighted by Gasteiger charge is 2.42. The second-order valence-electron chi connectivity index (χ2n) is 6.64. The number of ether oxygens (including phenoxy) is 1. The van der Waals surface area contributed by atoms with Crippen LogP contribution in [0.2, 0.25) is 0 Å². The zero-order chi connectivity index (χ0) is 23.7. The van der Waals surface area contributed by atoms with Crippen molar-refractivity contribution in [2.24, 2.45) is 0 Å². The number of Topliss-reactive ketones (excluding diaryl/α,β-unsaturated/α-hetero) is 1. The fraction of sp³-hybridized carbons (Fsp3) is 0.536. The molecular formula is C28H45NO2. The number of rotatable bonds is 2. The minimum atomic E-state index is -0.293. The van der Waals surface area contributed by atoms with Crippen LogP contribution in [0.25, 0.3) is 0 Å². The lowest BCUT2D eigenvalue weighted by Gasteiger charge is -2.44. The summed E-state index contributed by atoms with van der Waals surface area (Å²) in [6, 6.07) is 18.2. The summed E-state index contributed by atoms with van der Waals surface area (Å²) in [5.41, 5.74) is 1.79. The van der Waals surface area contributed by atoms with E-state index < -0.39 is 0 Å². The zero-order valence-corrected chi connectivity index (χ0v) is 21.2. The number of hydrogen-bond donors (Lipinski definition) is 0. The highest BCUT2D eigenvalue weighted by molar-refractivity contribution is 6.00. The van der Waals surface area contributed by atoms with Crippen molar-refractivity contribution in [3.63, 3.8) is 0 Å². The topological polar surface area (TPSA) is 29.5 Å². The number of carbonyl (C=O) groups is 1. The number of para-hydroxylation sites is 1. The number of carbonyl (C=O) groups excluding carboxylic acids is 1. The van der Waals surface area contributed by atoms with Crippen LogP contribution >= 0.6 is 0 Å². The summed E-state index contributed by atoms with van der Waals surface area (Å²) in [4.78, 5) is 14.9. The Balaban J connectivity index is 0.00000102. The first-order valence-electron chi connectivity index (χ1n) is 12.3. The van der Waals surface area contributed by atoms with E-state index in [1.54, 1.807) is 0 Å². The van der Waals surface area contributed by atoms with Gasteiger partial charge in [-0.1, -0.05) is 97.9 Å². The molecule has 2 aliphatic rings. The Kier molecular flexibility index (Phi) is 15.4. The summed E-state index contributed by atoms with van der Waals surface area (Å²) in [6.45, 7) is 18.9. The first-order valence-corrected chi connectivity index (χ1v) is 12.3. The van der Waals surface area contributed by atoms with Gasteiger partial charge in [-0.05, 0) is 17.7 Å². The second kappa shape index (κ2) is 16.5. The van der Waals surface area contributed by atoms with Crippen molar-refractivity contribution in [3.8, 4) is 5.75 Å². The van der Waals surface area contributed by atoms with Gasteiger partial charge in [-0.3, -0.25) is 9.69 Å². The lowest BCUT2D eigenvalue weighted by Crippen LogP contribution is -2.50. The smallest absolute Gasteiger partial charge is 0.170 e. The monoisotopic (exact) mass is 427 g/mol. The molecule has 1 fully saturated rings. The number of nitrogens with zero attached hydrogens (tertiary/aromatic N) is 1. The van der Waals surface area contributed by atoms with E-state index in [2.05, 4.69) is 29.2 Å². The molecule has 0 saturated carbocycles. The van der Waals surface area contributed by atoms with Crippen molar-refractivity contribution in [1.82, 2.24) is 4.90 Å². The number of benzene rings is 2. The van der Waals surface area contributed by atoms with E-state index in [1.807, 2.05) is 85.7 Å². The number of ketones is 1. The van der Waals surface area contributed by atoms with Gasteiger partial charge < -0.3 is 4.74 Å². The normalized spacial score (nSPS) is 15.7. The first kappa shape index (κ1) is 28.9. The van der Waals surface area contributed by atoms with E-state index in [1.165, 1.54) is 5.56 Å². The molecule has 1 spiro atoms. The first-order chi connectivity index (χ1) is 15.2. The average Bonchev–Trinajstić information content (AvgIpc) is 2.86. The Morgan fingerprint density at radius 2 is 1.29 bits per heavy atom. The molecule has 0 amide bonds. The largest absolute Gasteiger partial charge is 0.486 e. The van der Waals surface area contributed by atoms with Crippen molar-refractivity contribution in [2.45, 2.75) is 86.8 Å². The van der Waals surface area contributed by atoms with Gasteiger partial charge in [-0.2, -0.15) is 0 Å². The molecule has 0 aliphatic carbocycles. The van der Waals surface area contributed by atoms with Gasteiger partial charge in [0.25, 0.3) is 0 Å². The molecule has 0 unspecified atom stereocenters. The molecule has 0 N–H and O–H groups in total. The summed E-state index contributed by atoms with van der Waals surface area (Å²) in [5.74, 6) is 0.989. The molecule has 31 heavy (non-hydrogen) atoms. The predicted octanol–water partition coefficient (Wildman–Crippen LogP) is 7.79. The van der Waals surface area contributed by atoms with Gasteiger partial charge in [-0.15, -0.1) is 0 Å². The third-order valence-corrected chi connectivity index (χ3v) is 5.01. The Hall–Kier alpha value is -2.13. The maximum Gasteiger partial charge on any atom is 0.170 e. The Morgan fingerprint density at radius 3 is 1.87 bits per heavy atom. The standard InChI is InChI=1S/C20H21NO2.4C2H6/c22-18-14-20(23-19-9-5-4-8-17(18)19)10-12-21(13-11-20)15-16-6-2-1-3-7-16;4*1-2/h1-9H,10-15H2;4*1-2H3. The molecule has 1 saturated heterocycles. The van der Waals surface area contributed by atoms with Crippen LogP contribution in [0.4, 0.5) is 0 Å². The molecule has 0 atom stereocenters. The second-order valence-corrected chi connectivity index (χ2v) is 6.64. The molecule has 0 radical (unpaired) electrons. The quantitative estimate of drug-likeness (QED) is 0.490. The van der Waals surface area contributed by atoms with Gasteiger partial charge in [0.15, 0.2) is 5.78 Å². The average molecular weight is 428 g/mol. The van der Waals surface area contributed by atoms with Crippen LogP contribution in [-0.2, 0) is 6.54 Å². The van der Waals surface area contributed by atoms with Crippen molar-refractivity contribution < 1.29 is 9.53 Å². The summed E-state index contributed by atoms with van der Waals surface area (Å²) in [6.07, 6.45) is 2.35. The molecule has 2 heterocycles. The van der Waals surface area contributed by atoms with Gasteiger partial charge in [0.05, 0.1) is 12.0 Å². The molecule has 0 bridgehead atoms. The molecule has 3 nitrogen and oxygen atoms in total. The van der Waals surface area contributed by atoms with E-state index in [0.717, 1.165) is 43.8 Å². The Morgan fingerprint density at radius 1 is 0.774 bits per heavy atom. The van der Waals surface area contributed by atoms with Crippen LogP contribution in [0.15, 0.2) is 54.6 Å². The van der Waals surface area contributed by atoms with Crippen LogP contribution in [-0.4, -0.2) is 29.4 Å². The van der Waals surface area contributed by atoms with Gasteiger partial charge in [0.2, 0.25) is 0 Å². The van der Waals surface area contributed by atoms with Crippen molar-refractivity contribution in [2.75, 3.05) is 13.1 Å². The van der Waals surface area contributed by atoms with Crippen molar-refractivity contribution >= 4 is 5.78 Å². The fourth-order valence-corrected chi connectivity index (χ4v) is 3.68. The summed E-state index contributed by atoms with van der Waals surface area (Å²) in [7, 11) is 0. The van der Waals surface area contributed by atoms with Crippen LogP contribution in [0.1, 0.15) is 90.6 Å². The van der Waals surface area contributed by atoms with Gasteiger partial charge in [-0.25, -0.2) is 0 Å². The lowest BCUT2D eigenvalue weighted by molar-refractivity contribution is -0.0107. The van der Waals surface area contributed by atoms with Gasteiger partial charge in [0, 0.05) is 32.5 Å². The van der Waals surface area contributed by atoms with Crippen molar-refractivity contribution in [1.29, 1.82) is 0 Å². The van der Waals surface area contributed by atoms with Crippen LogP contribution in [0.3, 0.4) is 0 Å². The molecule has 174 valence electrons. The molecule has 3 heteroatoms. The minimum absolute atomic E-state index is 0.225. The third kappa shape index (κ3) is 8.49. The van der Waals surface area contributed by atoms with Crippen molar-refractivity contribution in [3.05, 3.63) is 65.7 Å². The maximum absolute atomic E-state index is 12.4. The predicted molar refractivity (Wildman–Crippen MR) is 135 cm³/mol. The van der Waals surface area contributed by atoms with Crippen LogP contribution in [0.5, 0.6) is 5.75 Å². The number of fused-ring (bicyclic) bond motifs is 1. The van der Waals surface area contributed by atoms with Crippen LogP contribution < -0.4 is 4.74 Å². The highest BCUT2D eigenvalue weighted by atomic mass is 16.5. The molecule has 4 rings (SSSR count). The molecular weight excluding hydrogens is 382 g/mol. The maximum atomic E-state index is 12.4. The van der Waals surface area contributed by atoms with E-state index in [4.69, 9.17) is 4.74 Å².